The van der Waals surface area contributed by atoms with Gasteiger partial charge in [0, 0.05) is 28.8 Å². The second kappa shape index (κ2) is 9.56. The molecule has 1 amide bonds. The molecule has 2 heterocycles. The molecule has 0 bridgehead atoms. The van der Waals surface area contributed by atoms with Crippen LogP contribution < -0.4 is 9.47 Å². The normalized spacial score (nSPS) is 15.0. The van der Waals surface area contributed by atoms with Crippen LogP contribution in [0.3, 0.4) is 0 Å². The Balaban J connectivity index is 1.63. The number of carbonyl (C=O) groups excluding carboxylic acids is 1. The van der Waals surface area contributed by atoms with Gasteiger partial charge in [0.25, 0.3) is 5.91 Å². The Morgan fingerprint density at radius 2 is 1.77 bits per heavy atom. The second-order valence-electron chi connectivity index (χ2n) is 7.97. The van der Waals surface area contributed by atoms with Crippen molar-refractivity contribution in [2.45, 2.75) is 12.5 Å². The summed E-state index contributed by atoms with van der Waals surface area (Å²) in [4.78, 5) is 15.7. The molecule has 5 rings (SSSR count). The van der Waals surface area contributed by atoms with Crippen molar-refractivity contribution >= 4 is 29.1 Å². The van der Waals surface area contributed by atoms with Gasteiger partial charge in [0.2, 0.25) is 5.82 Å². The Hall–Kier alpha value is -3.62. The maximum absolute atomic E-state index is 13.9. The highest BCUT2D eigenvalue weighted by molar-refractivity contribution is 6.42. The first-order valence-corrected chi connectivity index (χ1v) is 11.6. The Bertz CT molecular complexity index is 1380. The number of tetrazole rings is 1. The first-order chi connectivity index (χ1) is 17.0. The lowest BCUT2D eigenvalue weighted by Crippen LogP contribution is -2.41. The van der Waals surface area contributed by atoms with Gasteiger partial charge in [-0.05, 0) is 47.5 Å². The van der Waals surface area contributed by atoms with Crippen LogP contribution >= 0.6 is 23.2 Å². The van der Waals surface area contributed by atoms with Crippen molar-refractivity contribution in [1.29, 1.82) is 0 Å². The van der Waals surface area contributed by atoms with E-state index < -0.39 is 6.04 Å². The molecule has 178 valence electrons. The van der Waals surface area contributed by atoms with E-state index in [1.165, 1.54) is 0 Å². The molecular formula is C25H21Cl2N5O3. The number of H-pyrrole nitrogens is 1. The molecule has 10 heteroatoms. The molecule has 0 saturated heterocycles. The minimum absolute atomic E-state index is 0.152. The second-order valence-corrected chi connectivity index (χ2v) is 8.75. The van der Waals surface area contributed by atoms with Crippen LogP contribution in [0.15, 0.2) is 54.6 Å². The van der Waals surface area contributed by atoms with Gasteiger partial charge in [-0.25, -0.2) is 0 Å². The average molecular weight is 510 g/mol. The Kier molecular flexibility index (Phi) is 6.32. The van der Waals surface area contributed by atoms with Crippen molar-refractivity contribution in [3.63, 3.8) is 0 Å². The summed E-state index contributed by atoms with van der Waals surface area (Å²) in [6.07, 6.45) is 0.594. The van der Waals surface area contributed by atoms with Crippen LogP contribution in [0.25, 0.3) is 11.4 Å². The number of methoxy groups -OCH3 is 2. The van der Waals surface area contributed by atoms with Gasteiger partial charge >= 0.3 is 0 Å². The van der Waals surface area contributed by atoms with E-state index in [2.05, 4.69) is 20.6 Å². The number of aromatic nitrogens is 4. The summed E-state index contributed by atoms with van der Waals surface area (Å²) < 4.78 is 11.4. The first kappa shape index (κ1) is 23.1. The third kappa shape index (κ3) is 4.09. The van der Waals surface area contributed by atoms with E-state index in [0.717, 1.165) is 22.4 Å². The summed E-state index contributed by atoms with van der Waals surface area (Å²) in [5, 5.41) is 14.8. The zero-order valence-corrected chi connectivity index (χ0v) is 20.5. The van der Waals surface area contributed by atoms with Gasteiger partial charge in [0.15, 0.2) is 0 Å². The van der Waals surface area contributed by atoms with Crippen molar-refractivity contribution in [1.82, 2.24) is 25.5 Å². The molecular weight excluding hydrogens is 489 g/mol. The van der Waals surface area contributed by atoms with Gasteiger partial charge < -0.3 is 14.4 Å². The van der Waals surface area contributed by atoms with Gasteiger partial charge in [-0.3, -0.25) is 4.79 Å². The minimum atomic E-state index is -0.528. The SMILES string of the molecule is COc1ccc(OC)c2c1CCN(C(=O)c1ccc(-c3nn[nH]n3)cc1)C2c1cccc(Cl)c1Cl. The Morgan fingerprint density at radius 1 is 1.03 bits per heavy atom. The lowest BCUT2D eigenvalue weighted by atomic mass is 9.86. The number of carbonyl (C=O) groups is 1. The zero-order valence-electron chi connectivity index (χ0n) is 19.0. The lowest BCUT2D eigenvalue weighted by Gasteiger charge is -2.39. The van der Waals surface area contributed by atoms with Gasteiger partial charge in [-0.2, -0.15) is 5.21 Å². The topological polar surface area (TPSA) is 93.2 Å². The van der Waals surface area contributed by atoms with Gasteiger partial charge in [0.05, 0.1) is 30.3 Å². The summed E-state index contributed by atoms with van der Waals surface area (Å²) in [7, 11) is 3.24. The van der Waals surface area contributed by atoms with E-state index >= 15 is 0 Å². The summed E-state index contributed by atoms with van der Waals surface area (Å²) in [6, 6.07) is 15.7. The van der Waals surface area contributed by atoms with Crippen molar-refractivity contribution in [2.24, 2.45) is 0 Å². The Morgan fingerprint density at radius 3 is 2.46 bits per heavy atom. The highest BCUT2D eigenvalue weighted by atomic mass is 35.5. The van der Waals surface area contributed by atoms with Crippen LogP contribution in [0.2, 0.25) is 10.0 Å². The number of benzene rings is 3. The molecule has 1 N–H and O–H groups in total. The van der Waals surface area contributed by atoms with E-state index in [1.807, 2.05) is 24.3 Å². The summed E-state index contributed by atoms with van der Waals surface area (Å²) in [5.41, 5.74) is 3.79. The van der Waals surface area contributed by atoms with Crippen molar-refractivity contribution < 1.29 is 14.3 Å². The fourth-order valence-corrected chi connectivity index (χ4v) is 4.96. The number of aromatic amines is 1. The van der Waals surface area contributed by atoms with Gasteiger partial charge in [-0.15, -0.1) is 10.2 Å². The predicted molar refractivity (Wildman–Crippen MR) is 132 cm³/mol. The van der Waals surface area contributed by atoms with E-state index in [0.29, 0.717) is 45.7 Å². The maximum Gasteiger partial charge on any atom is 0.254 e. The summed E-state index contributed by atoms with van der Waals surface area (Å²) in [6.45, 7) is 0.454. The smallest absolute Gasteiger partial charge is 0.254 e. The number of nitrogens with zero attached hydrogens (tertiary/aromatic N) is 4. The summed E-state index contributed by atoms with van der Waals surface area (Å²) >= 11 is 13.1. The number of rotatable bonds is 5. The zero-order chi connectivity index (χ0) is 24.5. The molecule has 0 aliphatic carbocycles. The van der Waals surface area contributed by atoms with E-state index in [-0.39, 0.29) is 5.91 Å². The monoisotopic (exact) mass is 509 g/mol. The number of hydrogen-bond acceptors (Lipinski definition) is 6. The van der Waals surface area contributed by atoms with Crippen LogP contribution in [0.4, 0.5) is 0 Å². The predicted octanol–water partition coefficient (Wildman–Crippen LogP) is 4.98. The fourth-order valence-electron chi connectivity index (χ4n) is 4.55. The highest BCUT2D eigenvalue weighted by Crippen LogP contribution is 2.47. The molecule has 1 aromatic heterocycles. The standard InChI is InChI=1S/C25H21Cl2N5O3/c1-34-19-10-11-20(35-2)21-16(19)12-13-32(23(21)17-4-3-5-18(26)22(17)27)25(33)15-8-6-14(7-9-15)24-28-30-31-29-24/h3-11,23H,12-13H2,1-2H3,(H,28,29,30,31). The number of ether oxygens (including phenoxy) is 2. The van der Waals surface area contributed by atoms with Crippen molar-refractivity contribution in [3.8, 4) is 22.9 Å². The van der Waals surface area contributed by atoms with Crippen LogP contribution in [-0.2, 0) is 6.42 Å². The minimum Gasteiger partial charge on any atom is -0.496 e. The molecule has 0 saturated carbocycles. The van der Waals surface area contributed by atoms with Crippen molar-refractivity contribution in [3.05, 3.63) is 86.9 Å². The molecule has 0 fully saturated rings. The first-order valence-electron chi connectivity index (χ1n) is 10.9. The molecule has 1 unspecified atom stereocenters. The molecule has 3 aromatic carbocycles. The van der Waals surface area contributed by atoms with E-state index in [9.17, 15) is 4.79 Å². The third-order valence-electron chi connectivity index (χ3n) is 6.17. The molecule has 0 radical (unpaired) electrons. The van der Waals surface area contributed by atoms with Crippen LogP contribution in [0, 0.1) is 0 Å². The average Bonchev–Trinajstić information content (AvgIpc) is 3.44. The largest absolute Gasteiger partial charge is 0.496 e. The fraction of sp³-hybridized carbons (Fsp3) is 0.200. The molecule has 0 spiro atoms. The van der Waals surface area contributed by atoms with Gasteiger partial charge in [-0.1, -0.05) is 47.5 Å². The van der Waals surface area contributed by atoms with Crippen LogP contribution in [-0.4, -0.2) is 52.2 Å². The molecule has 1 aliphatic rings. The number of fused-ring (bicyclic) bond motifs is 1. The maximum atomic E-state index is 13.9. The molecule has 35 heavy (non-hydrogen) atoms. The number of halogens is 2. The molecule has 8 nitrogen and oxygen atoms in total. The quantitative estimate of drug-likeness (QED) is 0.407. The van der Waals surface area contributed by atoms with Crippen LogP contribution in [0.5, 0.6) is 11.5 Å². The number of amides is 1. The molecule has 1 atom stereocenters. The van der Waals surface area contributed by atoms with Crippen molar-refractivity contribution in [2.75, 3.05) is 20.8 Å². The summed E-state index contributed by atoms with van der Waals surface area (Å²) in [5.74, 6) is 1.69. The third-order valence-corrected chi connectivity index (χ3v) is 7.01. The number of nitrogens with one attached hydrogen (secondary N) is 1. The van der Waals surface area contributed by atoms with E-state index in [4.69, 9.17) is 32.7 Å². The highest BCUT2D eigenvalue weighted by Gasteiger charge is 2.37. The molecule has 1 aliphatic heterocycles. The van der Waals surface area contributed by atoms with Gasteiger partial charge in [0.1, 0.15) is 11.5 Å². The lowest BCUT2D eigenvalue weighted by molar-refractivity contribution is 0.0691. The molecule has 4 aromatic rings. The Labute approximate surface area is 211 Å². The number of hydrogen-bond donors (Lipinski definition) is 1. The van der Waals surface area contributed by atoms with E-state index in [1.54, 1.807) is 49.5 Å². The van der Waals surface area contributed by atoms with Crippen LogP contribution in [0.1, 0.15) is 33.1 Å².